The molecule has 2 aromatic carbocycles. The molecule has 2 N–H and O–H groups in total. The zero-order valence-electron chi connectivity index (χ0n) is 20.9. The van der Waals surface area contributed by atoms with Crippen molar-refractivity contribution in [2.75, 3.05) is 11.1 Å². The van der Waals surface area contributed by atoms with E-state index in [2.05, 4.69) is 20.8 Å². The van der Waals surface area contributed by atoms with Crippen LogP contribution in [0.15, 0.2) is 47.6 Å². The minimum absolute atomic E-state index is 0.0346. The van der Waals surface area contributed by atoms with Crippen molar-refractivity contribution in [3.8, 4) is 0 Å². The molecule has 0 unspecified atom stereocenters. The van der Waals surface area contributed by atoms with Gasteiger partial charge in [0.2, 0.25) is 5.91 Å². The van der Waals surface area contributed by atoms with Gasteiger partial charge in [0.1, 0.15) is 0 Å². The molecule has 0 aliphatic heterocycles. The van der Waals surface area contributed by atoms with Gasteiger partial charge in [-0.1, -0.05) is 43.8 Å². The van der Waals surface area contributed by atoms with Crippen LogP contribution in [0.25, 0.3) is 0 Å². The predicted octanol–water partition coefficient (Wildman–Crippen LogP) is 4.68. The number of nitrogens with zero attached hydrogens (tertiary/aromatic N) is 4. The number of anilines is 1. The molecule has 0 bridgehead atoms. The van der Waals surface area contributed by atoms with Gasteiger partial charge in [-0.2, -0.15) is 0 Å². The first-order chi connectivity index (χ1) is 17.1. The van der Waals surface area contributed by atoms with Crippen molar-refractivity contribution in [3.05, 3.63) is 75.1 Å². The van der Waals surface area contributed by atoms with E-state index in [1.165, 1.54) is 36.0 Å². The van der Waals surface area contributed by atoms with Crippen molar-refractivity contribution in [3.63, 3.8) is 0 Å². The summed E-state index contributed by atoms with van der Waals surface area (Å²) >= 11 is 1.27. The van der Waals surface area contributed by atoms with E-state index in [9.17, 15) is 19.7 Å². The molecule has 3 aromatic rings. The van der Waals surface area contributed by atoms with Crippen LogP contribution in [-0.4, -0.2) is 37.3 Å². The Bertz CT molecular complexity index is 1270. The van der Waals surface area contributed by atoms with Crippen molar-refractivity contribution < 1.29 is 14.5 Å². The zero-order chi connectivity index (χ0) is 26.4. The Morgan fingerprint density at radius 2 is 1.86 bits per heavy atom. The lowest BCUT2D eigenvalue weighted by molar-refractivity contribution is -0.384. The highest BCUT2D eigenvalue weighted by Gasteiger charge is 2.26. The quantitative estimate of drug-likeness (QED) is 0.230. The van der Waals surface area contributed by atoms with Crippen LogP contribution in [0.5, 0.6) is 0 Å². The summed E-state index contributed by atoms with van der Waals surface area (Å²) in [5.41, 5.74) is 2.94. The van der Waals surface area contributed by atoms with Gasteiger partial charge in [0.15, 0.2) is 11.0 Å². The maximum atomic E-state index is 12.9. The van der Waals surface area contributed by atoms with E-state index in [4.69, 9.17) is 0 Å². The van der Waals surface area contributed by atoms with Crippen molar-refractivity contribution >= 4 is 35.0 Å². The Morgan fingerprint density at radius 1 is 1.14 bits per heavy atom. The average molecular weight is 511 g/mol. The second-order valence-corrected chi connectivity index (χ2v) is 9.61. The third-order valence-electron chi connectivity index (χ3n) is 5.82. The zero-order valence-corrected chi connectivity index (χ0v) is 21.8. The second kappa shape index (κ2) is 11.8. The number of aromatic nitrogens is 3. The summed E-state index contributed by atoms with van der Waals surface area (Å²) in [5, 5.41) is 26.1. The molecule has 0 saturated heterocycles. The first-order valence-corrected chi connectivity index (χ1v) is 12.6. The number of thioether (sulfide) groups is 1. The largest absolute Gasteiger partial charge is 0.342 e. The second-order valence-electron chi connectivity index (χ2n) is 8.67. The third kappa shape index (κ3) is 6.28. The fraction of sp³-hybridized carbons (Fsp3) is 0.360. The summed E-state index contributed by atoms with van der Waals surface area (Å²) < 4.78 is 1.87. The molecule has 1 heterocycles. The third-order valence-corrected chi connectivity index (χ3v) is 6.79. The van der Waals surface area contributed by atoms with Gasteiger partial charge in [0.05, 0.1) is 16.7 Å². The summed E-state index contributed by atoms with van der Waals surface area (Å²) in [6.45, 7) is 10.3. The summed E-state index contributed by atoms with van der Waals surface area (Å²) in [6.07, 6.45) is 0. The summed E-state index contributed by atoms with van der Waals surface area (Å²) in [4.78, 5) is 36.0. The smallest absolute Gasteiger partial charge is 0.270 e. The molecule has 0 fully saturated rings. The molecular weight excluding hydrogens is 480 g/mol. The van der Waals surface area contributed by atoms with E-state index >= 15 is 0 Å². The lowest BCUT2D eigenvalue weighted by atomic mass is 10.0. The van der Waals surface area contributed by atoms with Crippen LogP contribution >= 0.6 is 11.8 Å². The van der Waals surface area contributed by atoms with Crippen molar-refractivity contribution in [2.24, 2.45) is 5.92 Å². The van der Waals surface area contributed by atoms with E-state index in [1.54, 1.807) is 0 Å². The molecule has 190 valence electrons. The van der Waals surface area contributed by atoms with E-state index in [0.29, 0.717) is 17.5 Å². The number of rotatable bonds is 10. The molecule has 11 heteroatoms. The highest BCUT2D eigenvalue weighted by molar-refractivity contribution is 7.99. The normalized spacial score (nSPS) is 11.8. The van der Waals surface area contributed by atoms with E-state index in [1.807, 2.05) is 57.4 Å². The van der Waals surface area contributed by atoms with Crippen LogP contribution in [0, 0.1) is 29.9 Å². The maximum Gasteiger partial charge on any atom is 0.270 e. The van der Waals surface area contributed by atoms with Gasteiger partial charge in [-0.05, 0) is 49.9 Å². The van der Waals surface area contributed by atoms with Crippen molar-refractivity contribution in [1.29, 1.82) is 0 Å². The number of non-ortho nitro benzene ring substituents is 1. The van der Waals surface area contributed by atoms with Crippen molar-refractivity contribution in [2.45, 2.75) is 52.4 Å². The fourth-order valence-electron chi connectivity index (χ4n) is 3.65. The molecule has 1 atom stereocenters. The Labute approximate surface area is 214 Å². The van der Waals surface area contributed by atoms with Crippen LogP contribution in [0.1, 0.15) is 54.1 Å². The SMILES string of the molecule is CCn1c(SCC(=O)Nc2cccc(C)c2C)nnc1[C@@H](NC(=O)c1cccc([N+](=O)[O-])c1)C(C)C. The highest BCUT2D eigenvalue weighted by atomic mass is 32.2. The van der Waals surface area contributed by atoms with Crippen molar-refractivity contribution in [1.82, 2.24) is 20.1 Å². The first kappa shape index (κ1) is 26.9. The van der Waals surface area contributed by atoms with E-state index < -0.39 is 16.9 Å². The minimum Gasteiger partial charge on any atom is -0.342 e. The van der Waals surface area contributed by atoms with Crippen LogP contribution in [0.3, 0.4) is 0 Å². The molecule has 0 aliphatic rings. The number of amides is 2. The van der Waals surface area contributed by atoms with E-state index in [-0.39, 0.29) is 28.8 Å². The van der Waals surface area contributed by atoms with Gasteiger partial charge in [0.25, 0.3) is 11.6 Å². The van der Waals surface area contributed by atoms with Gasteiger partial charge in [-0.3, -0.25) is 19.7 Å². The minimum atomic E-state index is -0.537. The predicted molar refractivity (Wildman–Crippen MR) is 139 cm³/mol. The van der Waals surface area contributed by atoms with Gasteiger partial charge in [-0.15, -0.1) is 10.2 Å². The number of nitro benzene ring substituents is 1. The molecule has 0 spiro atoms. The Morgan fingerprint density at radius 3 is 2.53 bits per heavy atom. The molecule has 1 aromatic heterocycles. The number of aryl methyl sites for hydroxylation is 1. The summed E-state index contributed by atoms with van der Waals surface area (Å²) in [5.74, 6) is 0.0829. The maximum absolute atomic E-state index is 12.9. The fourth-order valence-corrected chi connectivity index (χ4v) is 4.46. The molecule has 0 aliphatic carbocycles. The van der Waals surface area contributed by atoms with E-state index in [0.717, 1.165) is 16.8 Å². The van der Waals surface area contributed by atoms with Crippen LogP contribution in [0.2, 0.25) is 0 Å². The lowest BCUT2D eigenvalue weighted by Crippen LogP contribution is -2.33. The molecule has 3 rings (SSSR count). The summed E-state index contributed by atoms with van der Waals surface area (Å²) in [6, 6.07) is 10.9. The molecular formula is C25H30N6O4S. The average Bonchev–Trinajstić information content (AvgIpc) is 3.26. The Hall–Kier alpha value is -3.73. The summed E-state index contributed by atoms with van der Waals surface area (Å²) in [7, 11) is 0. The number of nitrogens with one attached hydrogen (secondary N) is 2. The Balaban J connectivity index is 1.74. The van der Waals surface area contributed by atoms with Crippen LogP contribution in [-0.2, 0) is 11.3 Å². The van der Waals surface area contributed by atoms with Crippen LogP contribution in [0.4, 0.5) is 11.4 Å². The molecule has 10 nitrogen and oxygen atoms in total. The highest BCUT2D eigenvalue weighted by Crippen LogP contribution is 2.26. The Kier molecular flexibility index (Phi) is 8.81. The first-order valence-electron chi connectivity index (χ1n) is 11.6. The monoisotopic (exact) mass is 510 g/mol. The number of benzene rings is 2. The van der Waals surface area contributed by atoms with Gasteiger partial charge in [-0.25, -0.2) is 0 Å². The van der Waals surface area contributed by atoms with Gasteiger partial charge < -0.3 is 15.2 Å². The number of carbonyl (C=O) groups is 2. The van der Waals surface area contributed by atoms with Gasteiger partial charge in [0, 0.05) is 29.9 Å². The number of hydrogen-bond donors (Lipinski definition) is 2. The molecule has 0 saturated carbocycles. The number of hydrogen-bond acceptors (Lipinski definition) is 7. The number of carbonyl (C=O) groups excluding carboxylic acids is 2. The van der Waals surface area contributed by atoms with Gasteiger partial charge >= 0.3 is 0 Å². The van der Waals surface area contributed by atoms with Crippen LogP contribution < -0.4 is 10.6 Å². The standard InChI is InChI=1S/C25H30N6O4S/c1-6-30-23(22(15(2)3)27-24(33)18-10-8-11-19(13-18)31(34)35)28-29-25(30)36-14-21(32)26-20-12-7-9-16(4)17(20)5/h7-13,15,22H,6,14H2,1-5H3,(H,26,32)(H,27,33)/t22-/m0/s1. The topological polar surface area (TPSA) is 132 Å². The molecule has 2 amide bonds. The molecule has 0 radical (unpaired) electrons. The number of nitro groups is 1. The lowest BCUT2D eigenvalue weighted by Gasteiger charge is -2.22. The molecule has 36 heavy (non-hydrogen) atoms.